The fraction of sp³-hybridized carbons (Fsp3) is 0.333. The molecule has 7 nitrogen and oxygen atoms in total. The fourth-order valence-electron chi connectivity index (χ4n) is 4.16. The lowest BCUT2D eigenvalue weighted by atomic mass is 10.1. The highest BCUT2D eigenvalue weighted by Crippen LogP contribution is 2.27. The topological polar surface area (TPSA) is 86.8 Å². The molecular formula is C30H37N3O4S. The standard InChI is InChI=1S/C30H37N3O4S/c1-7-31-30(35)25(6)32(19-26-10-8-9-22(3)17-26)29(34)20-33(27-14-13-23(4)24(5)18-27)38(36,37)28-15-11-21(2)12-16-28/h8-18,25H,7,19-20H2,1-6H3,(H,31,35)/t25-/m0/s1. The third kappa shape index (κ3) is 6.81. The monoisotopic (exact) mass is 535 g/mol. The van der Waals surface area contributed by atoms with Crippen molar-refractivity contribution in [2.75, 3.05) is 17.4 Å². The first-order valence-electron chi connectivity index (χ1n) is 12.7. The molecule has 202 valence electrons. The molecule has 1 N–H and O–H groups in total. The van der Waals surface area contributed by atoms with Crippen molar-refractivity contribution in [2.45, 2.75) is 59.0 Å². The van der Waals surface area contributed by atoms with E-state index in [4.69, 9.17) is 0 Å². The van der Waals surface area contributed by atoms with E-state index in [0.29, 0.717) is 12.2 Å². The van der Waals surface area contributed by atoms with E-state index in [-0.39, 0.29) is 17.3 Å². The maximum absolute atomic E-state index is 13.9. The summed E-state index contributed by atoms with van der Waals surface area (Å²) >= 11 is 0. The van der Waals surface area contributed by atoms with Gasteiger partial charge in [-0.1, -0.05) is 53.6 Å². The molecule has 0 saturated heterocycles. The van der Waals surface area contributed by atoms with E-state index in [1.807, 2.05) is 65.0 Å². The lowest BCUT2D eigenvalue weighted by Gasteiger charge is -2.32. The molecule has 3 rings (SSSR count). The van der Waals surface area contributed by atoms with E-state index >= 15 is 0 Å². The highest BCUT2D eigenvalue weighted by Gasteiger charge is 2.32. The Labute approximate surface area is 226 Å². The third-order valence-electron chi connectivity index (χ3n) is 6.62. The normalized spacial score (nSPS) is 12.1. The second kappa shape index (κ2) is 12.3. The van der Waals surface area contributed by atoms with Crippen LogP contribution in [-0.4, -0.2) is 44.3 Å². The van der Waals surface area contributed by atoms with Crippen LogP contribution in [-0.2, 0) is 26.2 Å². The lowest BCUT2D eigenvalue weighted by molar-refractivity contribution is -0.139. The summed E-state index contributed by atoms with van der Waals surface area (Å²) in [5.74, 6) is -0.771. The SMILES string of the molecule is CCNC(=O)[C@H](C)N(Cc1cccc(C)c1)C(=O)CN(c1ccc(C)c(C)c1)S(=O)(=O)c1ccc(C)cc1. The number of benzene rings is 3. The highest BCUT2D eigenvalue weighted by molar-refractivity contribution is 7.92. The molecule has 0 unspecified atom stereocenters. The van der Waals surface area contributed by atoms with Gasteiger partial charge in [0.1, 0.15) is 12.6 Å². The van der Waals surface area contributed by atoms with Crippen molar-refractivity contribution < 1.29 is 18.0 Å². The van der Waals surface area contributed by atoms with E-state index in [0.717, 1.165) is 32.1 Å². The van der Waals surface area contributed by atoms with E-state index in [1.165, 1.54) is 4.90 Å². The molecule has 0 spiro atoms. The Bertz CT molecular complexity index is 1400. The molecule has 0 aliphatic rings. The molecule has 0 fully saturated rings. The predicted molar refractivity (Wildman–Crippen MR) is 152 cm³/mol. The number of carbonyl (C=O) groups excluding carboxylic acids is 2. The molecule has 38 heavy (non-hydrogen) atoms. The summed E-state index contributed by atoms with van der Waals surface area (Å²) in [6.07, 6.45) is 0. The minimum Gasteiger partial charge on any atom is -0.355 e. The minimum absolute atomic E-state index is 0.0936. The third-order valence-corrected chi connectivity index (χ3v) is 8.41. The van der Waals surface area contributed by atoms with E-state index in [1.54, 1.807) is 43.3 Å². The Morgan fingerprint density at radius 1 is 0.868 bits per heavy atom. The van der Waals surface area contributed by atoms with Crippen molar-refractivity contribution in [3.05, 3.63) is 94.5 Å². The average Bonchev–Trinajstić information content (AvgIpc) is 2.87. The number of nitrogens with zero attached hydrogens (tertiary/aromatic N) is 2. The highest BCUT2D eigenvalue weighted by atomic mass is 32.2. The molecule has 0 aliphatic carbocycles. The van der Waals surface area contributed by atoms with Crippen molar-refractivity contribution in [2.24, 2.45) is 0 Å². The summed E-state index contributed by atoms with van der Waals surface area (Å²) in [6.45, 7) is 11.3. The Morgan fingerprint density at radius 2 is 1.55 bits per heavy atom. The van der Waals surface area contributed by atoms with Crippen LogP contribution < -0.4 is 9.62 Å². The number of anilines is 1. The minimum atomic E-state index is -4.08. The molecule has 8 heteroatoms. The Kier molecular flexibility index (Phi) is 9.33. The van der Waals surface area contributed by atoms with Crippen LogP contribution in [0.5, 0.6) is 0 Å². The van der Waals surface area contributed by atoms with Gasteiger partial charge in [0, 0.05) is 13.1 Å². The Morgan fingerprint density at radius 3 is 2.16 bits per heavy atom. The summed E-state index contributed by atoms with van der Waals surface area (Å²) in [4.78, 5) is 28.2. The molecule has 0 heterocycles. The van der Waals surface area contributed by atoms with Crippen molar-refractivity contribution in [1.82, 2.24) is 10.2 Å². The predicted octanol–water partition coefficient (Wildman–Crippen LogP) is 4.67. The van der Waals surface area contributed by atoms with Gasteiger partial charge in [-0.2, -0.15) is 0 Å². The summed E-state index contributed by atoms with van der Waals surface area (Å²) < 4.78 is 28.9. The van der Waals surface area contributed by atoms with Crippen molar-refractivity contribution in [3.8, 4) is 0 Å². The zero-order chi connectivity index (χ0) is 28.0. The first kappa shape index (κ1) is 28.9. The van der Waals surface area contributed by atoms with Gasteiger partial charge in [-0.3, -0.25) is 13.9 Å². The summed E-state index contributed by atoms with van der Waals surface area (Å²) in [6, 6.07) is 18.8. The number of sulfonamides is 1. The molecule has 2 amide bonds. The smallest absolute Gasteiger partial charge is 0.264 e. The summed E-state index contributed by atoms with van der Waals surface area (Å²) in [5, 5.41) is 2.77. The van der Waals surface area contributed by atoms with Gasteiger partial charge in [-0.05, 0) is 82.5 Å². The van der Waals surface area contributed by atoms with Crippen molar-refractivity contribution >= 4 is 27.5 Å². The second-order valence-electron chi connectivity index (χ2n) is 9.67. The first-order chi connectivity index (χ1) is 17.9. The van der Waals surface area contributed by atoms with Gasteiger partial charge in [0.15, 0.2) is 0 Å². The average molecular weight is 536 g/mol. The van der Waals surface area contributed by atoms with Crippen LogP contribution in [0.4, 0.5) is 5.69 Å². The maximum Gasteiger partial charge on any atom is 0.264 e. The number of carbonyl (C=O) groups is 2. The fourth-order valence-corrected chi connectivity index (χ4v) is 5.56. The largest absolute Gasteiger partial charge is 0.355 e. The molecule has 3 aromatic carbocycles. The van der Waals surface area contributed by atoms with Gasteiger partial charge in [0.2, 0.25) is 11.8 Å². The second-order valence-corrected chi connectivity index (χ2v) is 11.5. The molecule has 0 radical (unpaired) electrons. The van der Waals surface area contributed by atoms with Gasteiger partial charge in [-0.25, -0.2) is 8.42 Å². The van der Waals surface area contributed by atoms with E-state index < -0.39 is 28.5 Å². The number of hydrogen-bond donors (Lipinski definition) is 1. The Hall–Kier alpha value is -3.65. The number of likely N-dealkylation sites (N-methyl/N-ethyl adjacent to an activating group) is 1. The summed E-state index contributed by atoms with van der Waals surface area (Å²) in [5.41, 5.74) is 5.12. The van der Waals surface area contributed by atoms with Crippen LogP contribution in [0.15, 0.2) is 71.6 Å². The number of rotatable bonds is 10. The van der Waals surface area contributed by atoms with Crippen LogP contribution in [0.2, 0.25) is 0 Å². The van der Waals surface area contributed by atoms with E-state index in [2.05, 4.69) is 5.32 Å². The van der Waals surface area contributed by atoms with Gasteiger partial charge in [0.25, 0.3) is 10.0 Å². The Balaban J connectivity index is 2.06. The number of amides is 2. The quantitative estimate of drug-likeness (QED) is 0.409. The van der Waals surface area contributed by atoms with Crippen LogP contribution >= 0.6 is 0 Å². The zero-order valence-electron chi connectivity index (χ0n) is 23.0. The van der Waals surface area contributed by atoms with E-state index in [9.17, 15) is 18.0 Å². The number of hydrogen-bond acceptors (Lipinski definition) is 4. The van der Waals surface area contributed by atoms with Gasteiger partial charge >= 0.3 is 0 Å². The molecule has 0 aromatic heterocycles. The van der Waals surface area contributed by atoms with Gasteiger partial charge < -0.3 is 10.2 Å². The first-order valence-corrected chi connectivity index (χ1v) is 14.2. The van der Waals surface area contributed by atoms with Crippen LogP contribution in [0.25, 0.3) is 0 Å². The maximum atomic E-state index is 13.9. The summed E-state index contributed by atoms with van der Waals surface area (Å²) in [7, 11) is -4.08. The van der Waals surface area contributed by atoms with Gasteiger partial charge in [0.05, 0.1) is 10.6 Å². The molecule has 0 aliphatic heterocycles. The van der Waals surface area contributed by atoms with Crippen molar-refractivity contribution in [1.29, 1.82) is 0 Å². The van der Waals surface area contributed by atoms with Crippen LogP contribution in [0.3, 0.4) is 0 Å². The van der Waals surface area contributed by atoms with Crippen LogP contribution in [0, 0.1) is 27.7 Å². The number of aryl methyl sites for hydroxylation is 4. The molecule has 1 atom stereocenters. The molecule has 0 bridgehead atoms. The molecule has 3 aromatic rings. The van der Waals surface area contributed by atoms with Gasteiger partial charge in [-0.15, -0.1) is 0 Å². The lowest BCUT2D eigenvalue weighted by Crippen LogP contribution is -2.51. The van der Waals surface area contributed by atoms with Crippen molar-refractivity contribution in [3.63, 3.8) is 0 Å². The number of nitrogens with one attached hydrogen (secondary N) is 1. The molecule has 0 saturated carbocycles. The zero-order valence-corrected chi connectivity index (χ0v) is 23.8. The molecular weight excluding hydrogens is 498 g/mol. The van der Waals surface area contributed by atoms with Crippen LogP contribution in [0.1, 0.15) is 41.7 Å².